The maximum atomic E-state index is 12.0. The van der Waals surface area contributed by atoms with Crippen molar-refractivity contribution < 1.29 is 66.4 Å². The molecule has 0 radical (unpaired) electrons. The second kappa shape index (κ2) is 50.6. The van der Waals surface area contributed by atoms with E-state index in [0.29, 0.717) is 115 Å². The van der Waals surface area contributed by atoms with E-state index in [4.69, 9.17) is 84.1 Å². The summed E-state index contributed by atoms with van der Waals surface area (Å²) in [6.07, 6.45) is 11.6. The molecule has 0 bridgehead atoms. The SMILES string of the molecule is CC1CCCN1c1cccc(N)n1.CCOC(CCl)OCC.COC(=O)c1cccc(-c2cc(Br)c(N)nn2)c1.COC(=O)c1cccc(-c2cc(Br)c3nccn3n2)c1.COC(=O)c1cccc(-c2cc(Nc3cccc(N4CCCC4C)n3)c3nccn3n2)c1.COC(=O)c1cccc(-c2ccc(N)nn2)c1.COC(=O)c1cccc(B2OC(C)(C)C(C)(C)O2)c1.Nc1ccc(Cl)nn1. The Morgan fingerprint density at radius 1 is 0.478 bits per heavy atom. The van der Waals surface area contributed by atoms with E-state index in [0.717, 1.165) is 79.8 Å². The topological polar surface area (TPSA) is 455 Å². The quantitative estimate of drug-likeness (QED) is 0.0165. The Labute approximate surface area is 814 Å². The van der Waals surface area contributed by atoms with Crippen LogP contribution >= 0.6 is 55.1 Å². The summed E-state index contributed by atoms with van der Waals surface area (Å²) in [7, 11) is 6.32. The second-order valence-corrected chi connectivity index (χ2v) is 33.5. The third-order valence-electron chi connectivity index (χ3n) is 21.2. The molecule has 0 saturated carbocycles. The number of nitrogens with two attached hydrogens (primary N) is 4. The Morgan fingerprint density at radius 3 is 1.33 bits per heavy atom. The molecule has 0 aliphatic carbocycles. The number of anilines is 8. The molecule has 17 rings (SSSR count). The van der Waals surface area contributed by atoms with Crippen LogP contribution in [0.25, 0.3) is 56.3 Å². The van der Waals surface area contributed by atoms with Gasteiger partial charge in [0.25, 0.3) is 0 Å². The van der Waals surface area contributed by atoms with Gasteiger partial charge in [0.15, 0.2) is 28.6 Å². The van der Waals surface area contributed by atoms with E-state index in [1.54, 1.807) is 149 Å². The molecule has 3 aliphatic rings. The summed E-state index contributed by atoms with van der Waals surface area (Å²) in [5.74, 6) is 2.93. The summed E-state index contributed by atoms with van der Waals surface area (Å²) in [6, 6.07) is 60.5. The van der Waals surface area contributed by atoms with Gasteiger partial charge < -0.3 is 80.5 Å². The molecular formula is C96H106BBr2Cl2N21O14. The van der Waals surface area contributed by atoms with Crippen molar-refractivity contribution in [1.29, 1.82) is 0 Å². The Bertz CT molecular complexity index is 6310. The molecule has 0 spiro atoms. The van der Waals surface area contributed by atoms with Gasteiger partial charge in [0, 0.05) is 85.4 Å². The molecule has 5 aromatic carbocycles. The fourth-order valence-corrected chi connectivity index (χ4v) is 14.6. The highest BCUT2D eigenvalue weighted by Crippen LogP contribution is 2.38. The van der Waals surface area contributed by atoms with Crippen LogP contribution in [-0.4, -0.2) is 204 Å². The number of carbonyl (C=O) groups excluding carboxylic acids is 5. The lowest BCUT2D eigenvalue weighted by molar-refractivity contribution is -0.120. The summed E-state index contributed by atoms with van der Waals surface area (Å²) in [5, 5.41) is 35.3. The van der Waals surface area contributed by atoms with Gasteiger partial charge in [-0.2, -0.15) is 10.2 Å². The maximum Gasteiger partial charge on any atom is 0.494 e. The number of pyridine rings is 2. The lowest BCUT2D eigenvalue weighted by atomic mass is 9.78. The van der Waals surface area contributed by atoms with Gasteiger partial charge in [0.05, 0.1) is 118 Å². The first-order chi connectivity index (χ1) is 65.3. The van der Waals surface area contributed by atoms with Gasteiger partial charge in [0.1, 0.15) is 34.9 Å². The van der Waals surface area contributed by atoms with Crippen LogP contribution in [0, 0.1) is 0 Å². The van der Waals surface area contributed by atoms with E-state index in [2.05, 4.69) is 126 Å². The number of esters is 5. The van der Waals surface area contributed by atoms with Gasteiger partial charge in [-0.1, -0.05) is 84.4 Å². The van der Waals surface area contributed by atoms with Crippen LogP contribution in [0.3, 0.4) is 0 Å². The lowest BCUT2D eigenvalue weighted by Gasteiger charge is -2.32. The average Bonchev–Trinajstić information content (AvgIpc) is 1.61. The van der Waals surface area contributed by atoms with Crippen molar-refractivity contribution in [2.75, 3.05) is 106 Å². The monoisotopic (exact) mass is 2020 g/mol. The average molecular weight is 2020 g/mol. The van der Waals surface area contributed by atoms with Crippen LogP contribution in [0.5, 0.6) is 0 Å². The summed E-state index contributed by atoms with van der Waals surface area (Å²) < 4.78 is 50.6. The molecule has 3 aliphatic heterocycles. The van der Waals surface area contributed by atoms with Gasteiger partial charge >= 0.3 is 37.0 Å². The predicted molar refractivity (Wildman–Crippen MR) is 532 cm³/mol. The smallest absolute Gasteiger partial charge is 0.465 e. The zero-order valence-electron chi connectivity index (χ0n) is 77.2. The Hall–Kier alpha value is -13.7. The zero-order valence-corrected chi connectivity index (χ0v) is 81.9. The van der Waals surface area contributed by atoms with E-state index < -0.39 is 7.12 Å². The van der Waals surface area contributed by atoms with Crippen LogP contribution < -0.4 is 43.5 Å². The Balaban J connectivity index is 0.000000166. The maximum absolute atomic E-state index is 12.0. The highest BCUT2D eigenvalue weighted by Gasteiger charge is 2.52. The van der Waals surface area contributed by atoms with Gasteiger partial charge in [-0.15, -0.1) is 42.2 Å². The molecule has 9 aromatic heterocycles. The fraction of sp³-hybridized carbons (Fsp3) is 0.281. The molecule has 136 heavy (non-hydrogen) atoms. The minimum absolute atomic E-state index is 0.221. The molecule has 40 heteroatoms. The number of alkyl halides is 1. The highest BCUT2D eigenvalue weighted by atomic mass is 79.9. The summed E-state index contributed by atoms with van der Waals surface area (Å²) >= 11 is 17.6. The summed E-state index contributed by atoms with van der Waals surface area (Å²) in [5.41, 5.74) is 32.5. The van der Waals surface area contributed by atoms with Crippen LogP contribution in [0.2, 0.25) is 5.15 Å². The zero-order chi connectivity index (χ0) is 98.2. The molecule has 9 N–H and O–H groups in total. The Kier molecular flexibility index (Phi) is 38.8. The number of ether oxygens (including phenoxy) is 7. The standard InChI is InChI=1S/C24H24N6O2.C14H19BO4.C14H10BrN3O2.C12H10BrN3O2.C12H11N3O2.C10H15N3.C6H13ClO2.C4H4ClN3/c1-16-6-5-12-29(16)22-10-4-9-21(27-22)26-20-15-19(28-30-13-11-25-23(20)30)17-7-3-8-18(14-17)24(31)32-2;1-13(2)14(3,4)19-15(18-13)11-8-6-7-10(9-11)12(16)17-5;1-20-14(19)10-4-2-3-9(7-10)12-8-11(15)13-16-5-6-18(13)17-12;1-18-12(17)8-4-2-3-7(5-8)10-6-9(13)11(14)16-15-10;1-17-12(16)9-4-2-3-8(7-9)10-5-6-11(13)15-14-10;1-8-4-3-7-13(8)10-6-2-5-9(11)12-10;1-3-8-6(5-7)9-4-2;5-3-1-2-4(6)8-7-3/h3-4,7-11,13-16H,5-6,12H2,1-2H3,(H,26,27);6-9H,1-5H3;2-8H,1H3;2-6H,1H3,(H2,14,16);2-7H,1H3,(H2,13,15);2,5-6,8H,3-4,7H2,1H3,(H2,11,12);6H,3-5H2,1-2H3;1-2H,(H2,6,8). The number of methoxy groups -OCH3 is 5. The van der Waals surface area contributed by atoms with E-state index in [-0.39, 0.29) is 47.3 Å². The normalized spacial score (nSPS) is 14.1. The minimum Gasteiger partial charge on any atom is -0.465 e. The first kappa shape index (κ1) is 104. The van der Waals surface area contributed by atoms with E-state index in [9.17, 15) is 24.0 Å². The molecular weight excluding hydrogens is 1910 g/mol. The number of imidazole rings is 2. The summed E-state index contributed by atoms with van der Waals surface area (Å²) in [6.45, 7) is 19.7. The van der Waals surface area contributed by atoms with Gasteiger partial charge in [-0.05, 0) is 246 Å². The van der Waals surface area contributed by atoms with Crippen molar-refractivity contribution in [3.8, 4) is 45.0 Å². The van der Waals surface area contributed by atoms with Crippen molar-refractivity contribution in [2.45, 2.75) is 111 Å². The van der Waals surface area contributed by atoms with Crippen molar-refractivity contribution in [3.63, 3.8) is 0 Å². The van der Waals surface area contributed by atoms with Crippen LogP contribution in [0.1, 0.15) is 133 Å². The number of fused-ring (bicyclic) bond motifs is 2. The van der Waals surface area contributed by atoms with Crippen molar-refractivity contribution in [3.05, 3.63) is 267 Å². The number of rotatable bonds is 19. The Morgan fingerprint density at radius 2 is 0.897 bits per heavy atom. The van der Waals surface area contributed by atoms with E-state index >= 15 is 0 Å². The molecule has 14 aromatic rings. The predicted octanol–water partition coefficient (Wildman–Crippen LogP) is 16.8. The van der Waals surface area contributed by atoms with Crippen LogP contribution in [-0.2, 0) is 42.5 Å². The first-order valence-corrected chi connectivity index (χ1v) is 45.4. The van der Waals surface area contributed by atoms with E-state index in [1.165, 1.54) is 61.2 Å². The fourth-order valence-electron chi connectivity index (χ4n) is 13.6. The number of aromatic nitrogens is 14. The number of hydrogen-bond donors (Lipinski definition) is 5. The molecule has 0 amide bonds. The van der Waals surface area contributed by atoms with Crippen molar-refractivity contribution >= 4 is 155 Å². The lowest BCUT2D eigenvalue weighted by Crippen LogP contribution is -2.41. The van der Waals surface area contributed by atoms with E-state index in [1.807, 2.05) is 126 Å². The highest BCUT2D eigenvalue weighted by molar-refractivity contribution is 9.11. The van der Waals surface area contributed by atoms with Crippen molar-refractivity contribution in [2.24, 2.45) is 0 Å². The number of carbonyl (C=O) groups is 5. The number of halogens is 4. The number of hydrogen-bond acceptors (Lipinski definition) is 33. The van der Waals surface area contributed by atoms with Crippen LogP contribution in [0.15, 0.2) is 234 Å². The molecule has 2 atom stereocenters. The molecule has 710 valence electrons. The number of nitrogen functional groups attached to an aromatic ring is 4. The van der Waals surface area contributed by atoms with Crippen molar-refractivity contribution in [1.82, 2.24) is 69.8 Å². The third-order valence-corrected chi connectivity index (χ3v) is 22.9. The molecule has 35 nitrogen and oxygen atoms in total. The minimum atomic E-state index is -0.463. The van der Waals surface area contributed by atoms with Gasteiger partial charge in [0.2, 0.25) is 0 Å². The molecule has 3 saturated heterocycles. The number of benzene rings is 5. The summed E-state index contributed by atoms with van der Waals surface area (Å²) in [4.78, 5) is 80.3. The molecule has 12 heterocycles. The largest absolute Gasteiger partial charge is 0.494 e. The van der Waals surface area contributed by atoms with Crippen LogP contribution in [0.4, 0.5) is 46.4 Å². The van der Waals surface area contributed by atoms with Gasteiger partial charge in [-0.25, -0.2) is 52.9 Å². The third kappa shape index (κ3) is 29.2. The molecule has 2 unspecified atom stereocenters. The molecule has 3 fully saturated rings. The van der Waals surface area contributed by atoms with Gasteiger partial charge in [-0.3, -0.25) is 0 Å². The number of nitrogens with one attached hydrogen (secondary N) is 1. The first-order valence-electron chi connectivity index (χ1n) is 42.9. The second-order valence-electron chi connectivity index (χ2n) is 31.1. The number of nitrogens with zero attached hydrogens (tertiary/aromatic N) is 16.